The zero-order chi connectivity index (χ0) is 13.2. The van der Waals surface area contributed by atoms with Crippen molar-refractivity contribution in [2.75, 3.05) is 33.7 Å². The van der Waals surface area contributed by atoms with Crippen molar-refractivity contribution in [3.63, 3.8) is 0 Å². The van der Waals surface area contributed by atoms with E-state index in [0.29, 0.717) is 0 Å². The average Bonchev–Trinajstić information content (AvgIpc) is 2.62. The zero-order valence-corrected chi connectivity index (χ0v) is 11.9. The van der Waals surface area contributed by atoms with E-state index in [-0.39, 0.29) is 5.54 Å². The molecule has 2 aliphatic rings. The molecule has 18 heavy (non-hydrogen) atoms. The summed E-state index contributed by atoms with van der Waals surface area (Å²) in [6.07, 6.45) is 4.91. The van der Waals surface area contributed by atoms with Gasteiger partial charge in [0.2, 0.25) is 0 Å². The van der Waals surface area contributed by atoms with Crippen LogP contribution in [0.3, 0.4) is 0 Å². The van der Waals surface area contributed by atoms with E-state index in [2.05, 4.69) is 28.2 Å². The molecular weight excluding hydrogens is 224 g/mol. The Morgan fingerprint density at radius 2 is 2.06 bits per heavy atom. The van der Waals surface area contributed by atoms with Gasteiger partial charge in [0.15, 0.2) is 0 Å². The van der Waals surface area contributed by atoms with Crippen LogP contribution in [0.2, 0.25) is 0 Å². The van der Waals surface area contributed by atoms with Crippen molar-refractivity contribution in [1.82, 2.24) is 15.1 Å². The number of nitrogens with one attached hydrogen (secondary N) is 1. The molecule has 0 aliphatic carbocycles. The second-order valence-electron chi connectivity index (χ2n) is 6.08. The van der Waals surface area contributed by atoms with Crippen LogP contribution in [0.15, 0.2) is 0 Å². The van der Waals surface area contributed by atoms with Gasteiger partial charge in [-0.2, -0.15) is 5.26 Å². The van der Waals surface area contributed by atoms with Gasteiger partial charge in [-0.3, -0.25) is 4.90 Å². The highest BCUT2D eigenvalue weighted by molar-refractivity contribution is 5.03. The molecule has 3 unspecified atom stereocenters. The Hall–Kier alpha value is -0.630. The van der Waals surface area contributed by atoms with Gasteiger partial charge in [0.05, 0.1) is 6.07 Å². The van der Waals surface area contributed by atoms with Crippen LogP contribution in [0.4, 0.5) is 0 Å². The summed E-state index contributed by atoms with van der Waals surface area (Å²) in [6, 6.07) is 3.91. The standard InChI is InChI=1S/C14H26N4/c1-14(11-15,16-2)7-9-18-8-6-12-4-5-13(10-18)17(12)3/h12-13,16H,4-10H2,1-3H3. The first-order chi connectivity index (χ1) is 8.58. The van der Waals surface area contributed by atoms with E-state index < -0.39 is 0 Å². The summed E-state index contributed by atoms with van der Waals surface area (Å²) in [4.78, 5) is 5.12. The fourth-order valence-corrected chi connectivity index (χ4v) is 3.20. The van der Waals surface area contributed by atoms with Gasteiger partial charge >= 0.3 is 0 Å². The summed E-state index contributed by atoms with van der Waals surface area (Å²) in [5, 5.41) is 12.3. The number of fused-ring (bicyclic) bond motifs is 2. The highest BCUT2D eigenvalue weighted by Crippen LogP contribution is 2.28. The molecule has 0 radical (unpaired) electrons. The first kappa shape index (κ1) is 13.8. The Morgan fingerprint density at radius 3 is 2.72 bits per heavy atom. The number of rotatable bonds is 4. The van der Waals surface area contributed by atoms with Crippen LogP contribution in [0, 0.1) is 11.3 Å². The van der Waals surface area contributed by atoms with Crippen molar-refractivity contribution in [2.24, 2.45) is 0 Å². The van der Waals surface area contributed by atoms with Crippen molar-refractivity contribution in [2.45, 2.75) is 50.2 Å². The van der Waals surface area contributed by atoms with E-state index in [4.69, 9.17) is 0 Å². The molecule has 4 heteroatoms. The van der Waals surface area contributed by atoms with Crippen LogP contribution in [0.5, 0.6) is 0 Å². The molecule has 2 bridgehead atoms. The van der Waals surface area contributed by atoms with Gasteiger partial charge in [-0.1, -0.05) is 0 Å². The van der Waals surface area contributed by atoms with Crippen LogP contribution in [0.1, 0.15) is 32.6 Å². The molecule has 4 nitrogen and oxygen atoms in total. The summed E-state index contributed by atoms with van der Waals surface area (Å²) >= 11 is 0. The molecule has 0 aromatic rings. The fourth-order valence-electron chi connectivity index (χ4n) is 3.20. The van der Waals surface area contributed by atoms with Gasteiger partial charge in [0.1, 0.15) is 5.54 Å². The molecule has 2 aliphatic heterocycles. The van der Waals surface area contributed by atoms with E-state index in [1.54, 1.807) is 0 Å². The van der Waals surface area contributed by atoms with Crippen LogP contribution >= 0.6 is 0 Å². The van der Waals surface area contributed by atoms with Crippen molar-refractivity contribution in [3.8, 4) is 6.07 Å². The fraction of sp³-hybridized carbons (Fsp3) is 0.929. The number of likely N-dealkylation sites (N-methyl/N-ethyl adjacent to an activating group) is 1. The van der Waals surface area contributed by atoms with Crippen LogP contribution in [0.25, 0.3) is 0 Å². The Bertz CT molecular complexity index is 324. The molecule has 0 amide bonds. The predicted octanol–water partition coefficient (Wildman–Crippen LogP) is 1.05. The minimum atomic E-state index is -0.378. The first-order valence-electron chi connectivity index (χ1n) is 7.12. The highest BCUT2D eigenvalue weighted by atomic mass is 15.3. The lowest BCUT2D eigenvalue weighted by Crippen LogP contribution is -2.43. The van der Waals surface area contributed by atoms with Crippen molar-refractivity contribution in [3.05, 3.63) is 0 Å². The normalized spacial score (nSPS) is 32.8. The molecule has 3 atom stereocenters. The average molecular weight is 250 g/mol. The lowest BCUT2D eigenvalue weighted by Gasteiger charge is -2.29. The maximum absolute atomic E-state index is 9.18. The van der Waals surface area contributed by atoms with Gasteiger partial charge in [0, 0.05) is 25.2 Å². The monoisotopic (exact) mass is 250 g/mol. The van der Waals surface area contributed by atoms with Gasteiger partial charge in [-0.15, -0.1) is 0 Å². The SMILES string of the molecule is CNC(C)(C#N)CCN1CCC2CCC(C1)N2C. The molecule has 102 valence electrons. The smallest absolute Gasteiger partial charge is 0.104 e. The number of nitrogens with zero attached hydrogens (tertiary/aromatic N) is 3. The summed E-state index contributed by atoms with van der Waals surface area (Å²) in [6.45, 7) is 5.39. The van der Waals surface area contributed by atoms with E-state index in [1.165, 1.54) is 32.4 Å². The van der Waals surface area contributed by atoms with Gasteiger partial charge in [-0.25, -0.2) is 0 Å². The number of hydrogen-bond acceptors (Lipinski definition) is 4. The first-order valence-corrected chi connectivity index (χ1v) is 7.12. The van der Waals surface area contributed by atoms with E-state index in [0.717, 1.165) is 25.0 Å². The second-order valence-corrected chi connectivity index (χ2v) is 6.08. The Balaban J connectivity index is 1.86. The Kier molecular flexibility index (Phi) is 4.26. The molecule has 0 saturated carbocycles. The van der Waals surface area contributed by atoms with E-state index in [9.17, 15) is 5.26 Å². The minimum absolute atomic E-state index is 0.378. The number of hydrogen-bond donors (Lipinski definition) is 1. The second kappa shape index (κ2) is 5.56. The third-order valence-electron chi connectivity index (χ3n) is 4.96. The molecule has 2 saturated heterocycles. The van der Waals surface area contributed by atoms with Gasteiger partial charge in [0.25, 0.3) is 0 Å². The minimum Gasteiger partial charge on any atom is -0.303 e. The maximum atomic E-state index is 9.18. The van der Waals surface area contributed by atoms with Gasteiger partial charge < -0.3 is 10.2 Å². The molecule has 0 aromatic heterocycles. The molecule has 0 aromatic carbocycles. The summed E-state index contributed by atoms with van der Waals surface area (Å²) < 4.78 is 0. The highest BCUT2D eigenvalue weighted by Gasteiger charge is 2.35. The summed E-state index contributed by atoms with van der Waals surface area (Å²) in [7, 11) is 4.15. The lowest BCUT2D eigenvalue weighted by molar-refractivity contribution is 0.209. The molecule has 2 heterocycles. The lowest BCUT2D eigenvalue weighted by atomic mass is 9.99. The third-order valence-corrected chi connectivity index (χ3v) is 4.96. The Labute approximate surface area is 111 Å². The van der Waals surface area contributed by atoms with Crippen LogP contribution in [-0.2, 0) is 0 Å². The molecular formula is C14H26N4. The zero-order valence-electron chi connectivity index (χ0n) is 11.9. The summed E-state index contributed by atoms with van der Waals surface area (Å²) in [5.74, 6) is 0. The Morgan fingerprint density at radius 1 is 1.33 bits per heavy atom. The molecule has 1 N–H and O–H groups in total. The molecule has 0 spiro atoms. The number of nitriles is 1. The topological polar surface area (TPSA) is 42.3 Å². The van der Waals surface area contributed by atoms with Crippen molar-refractivity contribution >= 4 is 0 Å². The quantitative estimate of drug-likeness (QED) is 0.810. The molecule has 2 fully saturated rings. The van der Waals surface area contributed by atoms with Crippen LogP contribution in [-0.4, -0.2) is 61.2 Å². The van der Waals surface area contributed by atoms with Gasteiger partial charge in [-0.05, 0) is 53.2 Å². The molecule has 2 rings (SSSR count). The predicted molar refractivity (Wildman–Crippen MR) is 73.3 cm³/mol. The number of likely N-dealkylation sites (tertiary alicyclic amines) is 1. The van der Waals surface area contributed by atoms with Crippen molar-refractivity contribution in [1.29, 1.82) is 5.26 Å². The van der Waals surface area contributed by atoms with Crippen LogP contribution < -0.4 is 5.32 Å². The van der Waals surface area contributed by atoms with E-state index >= 15 is 0 Å². The van der Waals surface area contributed by atoms with Crippen molar-refractivity contribution < 1.29 is 0 Å². The largest absolute Gasteiger partial charge is 0.303 e. The van der Waals surface area contributed by atoms with E-state index in [1.807, 2.05) is 14.0 Å². The third kappa shape index (κ3) is 2.85. The maximum Gasteiger partial charge on any atom is 0.104 e. The summed E-state index contributed by atoms with van der Waals surface area (Å²) in [5.41, 5.74) is -0.378.